The summed E-state index contributed by atoms with van der Waals surface area (Å²) >= 11 is 0. The molecule has 0 fully saturated rings. The third-order valence-corrected chi connectivity index (χ3v) is 4.83. The Labute approximate surface area is 162 Å². The number of benzene rings is 1. The number of aromatic amines is 1. The average molecular weight is 379 g/mol. The molecule has 0 saturated carbocycles. The SMILES string of the molecule is COc1ccc(OC)c(CN2CCc3nc(-c4cnccn4)[nH]c(=O)c3C2)c1. The van der Waals surface area contributed by atoms with Gasteiger partial charge in [-0.05, 0) is 18.2 Å². The first-order valence-electron chi connectivity index (χ1n) is 8.99. The third-order valence-electron chi connectivity index (χ3n) is 4.83. The highest BCUT2D eigenvalue weighted by molar-refractivity contribution is 5.47. The number of hydrogen-bond donors (Lipinski definition) is 1. The summed E-state index contributed by atoms with van der Waals surface area (Å²) in [6.07, 6.45) is 5.45. The lowest BCUT2D eigenvalue weighted by molar-refractivity contribution is 0.237. The van der Waals surface area contributed by atoms with Gasteiger partial charge >= 0.3 is 0 Å². The van der Waals surface area contributed by atoms with Crippen LogP contribution in [0, 0.1) is 0 Å². The van der Waals surface area contributed by atoms with Crippen LogP contribution in [0.4, 0.5) is 0 Å². The van der Waals surface area contributed by atoms with Crippen molar-refractivity contribution >= 4 is 0 Å². The quantitative estimate of drug-likeness (QED) is 0.722. The van der Waals surface area contributed by atoms with Gasteiger partial charge in [0.1, 0.15) is 17.2 Å². The van der Waals surface area contributed by atoms with Crippen LogP contribution in [0.2, 0.25) is 0 Å². The number of methoxy groups -OCH3 is 2. The molecule has 0 atom stereocenters. The van der Waals surface area contributed by atoms with E-state index in [0.29, 0.717) is 36.6 Å². The number of nitrogens with zero attached hydrogens (tertiary/aromatic N) is 4. The van der Waals surface area contributed by atoms with Crippen molar-refractivity contribution in [2.45, 2.75) is 19.5 Å². The van der Waals surface area contributed by atoms with Gasteiger partial charge in [0.2, 0.25) is 0 Å². The molecule has 3 aromatic rings. The zero-order chi connectivity index (χ0) is 19.5. The Kier molecular flexibility index (Phi) is 5.03. The van der Waals surface area contributed by atoms with Crippen molar-refractivity contribution in [2.24, 2.45) is 0 Å². The number of H-pyrrole nitrogens is 1. The molecule has 8 heteroatoms. The number of rotatable bonds is 5. The first-order valence-corrected chi connectivity index (χ1v) is 8.99. The molecule has 1 N–H and O–H groups in total. The van der Waals surface area contributed by atoms with E-state index in [4.69, 9.17) is 9.47 Å². The smallest absolute Gasteiger partial charge is 0.255 e. The minimum absolute atomic E-state index is 0.132. The van der Waals surface area contributed by atoms with E-state index < -0.39 is 0 Å². The summed E-state index contributed by atoms with van der Waals surface area (Å²) in [5, 5.41) is 0. The highest BCUT2D eigenvalue weighted by Crippen LogP contribution is 2.27. The molecule has 28 heavy (non-hydrogen) atoms. The van der Waals surface area contributed by atoms with Gasteiger partial charge < -0.3 is 14.5 Å². The predicted octanol–water partition coefficient (Wildman–Crippen LogP) is 1.80. The molecule has 0 amide bonds. The van der Waals surface area contributed by atoms with Gasteiger partial charge in [0.15, 0.2) is 5.82 Å². The Morgan fingerprint density at radius 2 is 2.11 bits per heavy atom. The lowest BCUT2D eigenvalue weighted by Crippen LogP contribution is -2.35. The Hall–Kier alpha value is -3.26. The molecule has 2 aromatic heterocycles. The average Bonchev–Trinajstić information content (AvgIpc) is 2.74. The molecular formula is C20H21N5O3. The molecule has 0 saturated heterocycles. The van der Waals surface area contributed by atoms with E-state index >= 15 is 0 Å². The summed E-state index contributed by atoms with van der Waals surface area (Å²) in [4.78, 5) is 30.6. The Morgan fingerprint density at radius 3 is 2.86 bits per heavy atom. The number of ether oxygens (including phenoxy) is 2. The molecule has 4 rings (SSSR count). The van der Waals surface area contributed by atoms with Gasteiger partial charge in [-0.1, -0.05) is 0 Å². The van der Waals surface area contributed by atoms with Crippen molar-refractivity contribution in [2.75, 3.05) is 20.8 Å². The van der Waals surface area contributed by atoms with Gasteiger partial charge in [0, 0.05) is 44.0 Å². The largest absolute Gasteiger partial charge is 0.497 e. The lowest BCUT2D eigenvalue weighted by atomic mass is 10.1. The van der Waals surface area contributed by atoms with Crippen LogP contribution >= 0.6 is 0 Å². The minimum atomic E-state index is -0.132. The molecule has 3 heterocycles. The number of fused-ring (bicyclic) bond motifs is 1. The van der Waals surface area contributed by atoms with Gasteiger partial charge in [-0.15, -0.1) is 0 Å². The van der Waals surface area contributed by atoms with E-state index in [9.17, 15) is 4.79 Å². The summed E-state index contributed by atoms with van der Waals surface area (Å²) in [7, 11) is 3.29. The van der Waals surface area contributed by atoms with E-state index in [0.717, 1.165) is 29.3 Å². The Morgan fingerprint density at radius 1 is 1.21 bits per heavy atom. The van der Waals surface area contributed by atoms with E-state index in [2.05, 4.69) is 24.8 Å². The van der Waals surface area contributed by atoms with Crippen molar-refractivity contribution in [1.82, 2.24) is 24.8 Å². The van der Waals surface area contributed by atoms with E-state index in [1.165, 1.54) is 0 Å². The summed E-state index contributed by atoms with van der Waals surface area (Å²) in [6.45, 7) is 1.98. The van der Waals surface area contributed by atoms with Crippen LogP contribution in [-0.2, 0) is 19.5 Å². The molecule has 0 unspecified atom stereocenters. The molecule has 1 aliphatic rings. The minimum Gasteiger partial charge on any atom is -0.497 e. The van der Waals surface area contributed by atoms with Crippen molar-refractivity contribution in [3.63, 3.8) is 0 Å². The van der Waals surface area contributed by atoms with Gasteiger partial charge in [-0.2, -0.15) is 0 Å². The predicted molar refractivity (Wildman–Crippen MR) is 103 cm³/mol. The lowest BCUT2D eigenvalue weighted by Gasteiger charge is -2.28. The van der Waals surface area contributed by atoms with Crippen LogP contribution in [0.3, 0.4) is 0 Å². The topological polar surface area (TPSA) is 93.2 Å². The molecule has 1 aromatic carbocycles. The van der Waals surface area contributed by atoms with Crippen molar-refractivity contribution < 1.29 is 9.47 Å². The van der Waals surface area contributed by atoms with E-state index in [-0.39, 0.29) is 5.56 Å². The first kappa shape index (κ1) is 18.1. The highest BCUT2D eigenvalue weighted by Gasteiger charge is 2.23. The second-order valence-corrected chi connectivity index (χ2v) is 6.57. The monoisotopic (exact) mass is 379 g/mol. The fourth-order valence-electron chi connectivity index (χ4n) is 3.40. The highest BCUT2D eigenvalue weighted by atomic mass is 16.5. The van der Waals surface area contributed by atoms with Crippen LogP contribution in [0.5, 0.6) is 11.5 Å². The second kappa shape index (κ2) is 7.77. The molecule has 0 bridgehead atoms. The zero-order valence-corrected chi connectivity index (χ0v) is 15.8. The first-order chi connectivity index (χ1) is 13.7. The third kappa shape index (κ3) is 3.59. The molecule has 1 aliphatic heterocycles. The number of aromatic nitrogens is 4. The summed E-state index contributed by atoms with van der Waals surface area (Å²) in [6, 6.07) is 5.73. The number of nitrogens with one attached hydrogen (secondary N) is 1. The van der Waals surface area contributed by atoms with Crippen LogP contribution in [0.1, 0.15) is 16.8 Å². The summed E-state index contributed by atoms with van der Waals surface area (Å²) in [5.41, 5.74) is 2.96. The van der Waals surface area contributed by atoms with Crippen LogP contribution in [0.15, 0.2) is 41.6 Å². The van der Waals surface area contributed by atoms with Gasteiger partial charge in [0.25, 0.3) is 5.56 Å². The fourth-order valence-corrected chi connectivity index (χ4v) is 3.40. The van der Waals surface area contributed by atoms with Crippen LogP contribution < -0.4 is 15.0 Å². The summed E-state index contributed by atoms with van der Waals surface area (Å²) in [5.74, 6) is 2.04. The molecule has 0 spiro atoms. The normalized spacial score (nSPS) is 13.8. The van der Waals surface area contributed by atoms with Gasteiger partial charge in [0.05, 0.1) is 31.7 Å². The molecule has 8 nitrogen and oxygen atoms in total. The van der Waals surface area contributed by atoms with Crippen LogP contribution in [0.25, 0.3) is 11.5 Å². The standard InChI is InChI=1S/C20H21N5O3/c1-27-14-3-4-18(28-2)13(9-14)11-25-8-5-16-15(12-25)20(26)24-19(23-16)17-10-21-6-7-22-17/h3-4,6-7,9-10H,5,8,11-12H2,1-2H3,(H,23,24,26). The number of hydrogen-bond acceptors (Lipinski definition) is 7. The van der Waals surface area contributed by atoms with Crippen molar-refractivity contribution in [3.8, 4) is 23.0 Å². The van der Waals surface area contributed by atoms with E-state index in [1.807, 2.05) is 18.2 Å². The van der Waals surface area contributed by atoms with Crippen molar-refractivity contribution in [3.05, 3.63) is 64.0 Å². The van der Waals surface area contributed by atoms with Crippen LogP contribution in [-0.4, -0.2) is 45.6 Å². The Bertz CT molecular complexity index is 1040. The maximum Gasteiger partial charge on any atom is 0.255 e. The maximum absolute atomic E-state index is 12.7. The Balaban J connectivity index is 1.58. The van der Waals surface area contributed by atoms with E-state index in [1.54, 1.807) is 32.8 Å². The summed E-state index contributed by atoms with van der Waals surface area (Å²) < 4.78 is 10.8. The molecule has 0 radical (unpaired) electrons. The zero-order valence-electron chi connectivity index (χ0n) is 15.8. The molecular weight excluding hydrogens is 358 g/mol. The van der Waals surface area contributed by atoms with Crippen molar-refractivity contribution in [1.29, 1.82) is 0 Å². The van der Waals surface area contributed by atoms with Gasteiger partial charge in [-0.3, -0.25) is 14.7 Å². The molecule has 144 valence electrons. The second-order valence-electron chi connectivity index (χ2n) is 6.57. The molecule has 0 aliphatic carbocycles. The fraction of sp³-hybridized carbons (Fsp3) is 0.300. The van der Waals surface area contributed by atoms with Gasteiger partial charge in [-0.25, -0.2) is 9.97 Å². The maximum atomic E-state index is 12.7.